The van der Waals surface area contributed by atoms with Gasteiger partial charge < -0.3 is 11.1 Å². The average Bonchev–Trinajstić information content (AvgIpc) is 2.70. The number of Topliss-reactive ketones (excluding diaryl/α,β-unsaturated/α-hetero) is 1. The van der Waals surface area contributed by atoms with Crippen molar-refractivity contribution in [2.75, 3.05) is 11.1 Å². The molecule has 0 aliphatic rings. The maximum absolute atomic E-state index is 12.0. The van der Waals surface area contributed by atoms with E-state index in [9.17, 15) is 9.59 Å². The summed E-state index contributed by atoms with van der Waals surface area (Å²) in [6.07, 6.45) is 1.40. The molecule has 0 radical (unpaired) electrons. The van der Waals surface area contributed by atoms with Crippen molar-refractivity contribution in [2.24, 2.45) is 7.05 Å². The lowest BCUT2D eigenvalue weighted by Gasteiger charge is -2.05. The van der Waals surface area contributed by atoms with Crippen LogP contribution in [-0.2, 0) is 7.05 Å². The number of carbonyl (C=O) groups excluding carboxylic acids is 2. The molecule has 1 aromatic carbocycles. The van der Waals surface area contributed by atoms with Crippen molar-refractivity contribution < 1.29 is 9.59 Å². The van der Waals surface area contributed by atoms with Crippen molar-refractivity contribution >= 4 is 23.2 Å². The largest absolute Gasteiger partial charge is 0.383 e. The number of carbonyl (C=O) groups is 2. The molecule has 0 bridgehead atoms. The molecule has 3 N–H and O–H groups in total. The van der Waals surface area contributed by atoms with Gasteiger partial charge in [0, 0.05) is 18.3 Å². The zero-order valence-corrected chi connectivity index (χ0v) is 10.7. The number of aromatic nitrogens is 2. The summed E-state index contributed by atoms with van der Waals surface area (Å²) in [5.41, 5.74) is 7.10. The molecule has 0 saturated carbocycles. The molecule has 19 heavy (non-hydrogen) atoms. The minimum Gasteiger partial charge on any atom is -0.383 e. The predicted molar refractivity (Wildman–Crippen MR) is 72.0 cm³/mol. The zero-order chi connectivity index (χ0) is 14.0. The quantitative estimate of drug-likeness (QED) is 0.815. The van der Waals surface area contributed by atoms with Crippen molar-refractivity contribution in [1.82, 2.24) is 9.78 Å². The smallest absolute Gasteiger partial charge is 0.261 e. The van der Waals surface area contributed by atoms with Crippen LogP contribution in [0.4, 0.5) is 11.5 Å². The highest BCUT2D eigenvalue weighted by atomic mass is 16.1. The number of hydrogen-bond acceptors (Lipinski definition) is 4. The van der Waals surface area contributed by atoms with Gasteiger partial charge in [-0.1, -0.05) is 12.1 Å². The normalized spacial score (nSPS) is 10.2. The Balaban J connectivity index is 2.22. The van der Waals surface area contributed by atoms with Crippen molar-refractivity contribution in [1.29, 1.82) is 0 Å². The van der Waals surface area contributed by atoms with Gasteiger partial charge in [0.2, 0.25) is 0 Å². The fraction of sp³-hybridized carbons (Fsp3) is 0.154. The van der Waals surface area contributed by atoms with Gasteiger partial charge in [-0.15, -0.1) is 0 Å². The minimum absolute atomic E-state index is 0.0583. The van der Waals surface area contributed by atoms with Crippen LogP contribution in [0.5, 0.6) is 0 Å². The topological polar surface area (TPSA) is 90.0 Å². The Labute approximate surface area is 110 Å². The Hall–Kier alpha value is -2.63. The number of nitrogens with one attached hydrogen (secondary N) is 1. The van der Waals surface area contributed by atoms with Crippen molar-refractivity contribution in [3.8, 4) is 0 Å². The molecule has 2 rings (SSSR count). The van der Waals surface area contributed by atoms with Gasteiger partial charge in [-0.2, -0.15) is 5.10 Å². The van der Waals surface area contributed by atoms with E-state index in [4.69, 9.17) is 5.73 Å². The average molecular weight is 258 g/mol. The maximum Gasteiger partial charge on any atom is 0.261 e. The van der Waals surface area contributed by atoms with E-state index >= 15 is 0 Å². The fourth-order valence-electron chi connectivity index (χ4n) is 1.64. The van der Waals surface area contributed by atoms with E-state index in [0.29, 0.717) is 22.6 Å². The van der Waals surface area contributed by atoms with E-state index in [-0.39, 0.29) is 11.7 Å². The molecule has 0 aliphatic carbocycles. The van der Waals surface area contributed by atoms with Gasteiger partial charge in [-0.3, -0.25) is 14.3 Å². The van der Waals surface area contributed by atoms with Crippen LogP contribution in [-0.4, -0.2) is 21.5 Å². The van der Waals surface area contributed by atoms with Gasteiger partial charge in [0.15, 0.2) is 5.78 Å². The Kier molecular flexibility index (Phi) is 3.33. The van der Waals surface area contributed by atoms with E-state index in [1.165, 1.54) is 17.8 Å². The van der Waals surface area contributed by atoms with E-state index < -0.39 is 0 Å². The molecular formula is C13H14N4O2. The first-order valence-electron chi connectivity index (χ1n) is 5.69. The molecule has 0 aliphatic heterocycles. The van der Waals surface area contributed by atoms with E-state index in [1.54, 1.807) is 31.3 Å². The highest BCUT2D eigenvalue weighted by Crippen LogP contribution is 2.15. The Bertz CT molecular complexity index is 646. The molecule has 2 aromatic rings. The molecular weight excluding hydrogens is 244 g/mol. The maximum atomic E-state index is 12.0. The first-order chi connectivity index (χ1) is 8.99. The van der Waals surface area contributed by atoms with E-state index in [0.717, 1.165) is 0 Å². The van der Waals surface area contributed by atoms with Crippen molar-refractivity contribution in [3.05, 3.63) is 41.6 Å². The summed E-state index contributed by atoms with van der Waals surface area (Å²) in [6.45, 7) is 1.47. The monoisotopic (exact) mass is 258 g/mol. The molecule has 0 saturated heterocycles. The predicted octanol–water partition coefficient (Wildman–Crippen LogP) is 1.46. The Morgan fingerprint density at radius 1 is 1.37 bits per heavy atom. The number of amides is 1. The van der Waals surface area contributed by atoms with Gasteiger partial charge in [0.1, 0.15) is 11.4 Å². The molecule has 1 aromatic heterocycles. The van der Waals surface area contributed by atoms with Gasteiger partial charge >= 0.3 is 0 Å². The van der Waals surface area contributed by atoms with Crippen LogP contribution in [0.25, 0.3) is 0 Å². The molecule has 6 heteroatoms. The first-order valence-corrected chi connectivity index (χ1v) is 5.69. The van der Waals surface area contributed by atoms with E-state index in [1.807, 2.05) is 0 Å². The summed E-state index contributed by atoms with van der Waals surface area (Å²) < 4.78 is 1.42. The number of benzene rings is 1. The van der Waals surface area contributed by atoms with Crippen molar-refractivity contribution in [2.45, 2.75) is 6.92 Å². The second kappa shape index (κ2) is 4.93. The van der Waals surface area contributed by atoms with Crippen LogP contribution in [0.1, 0.15) is 27.6 Å². The second-order valence-electron chi connectivity index (χ2n) is 4.16. The molecule has 0 unspecified atom stereocenters. The summed E-state index contributed by atoms with van der Waals surface area (Å²) in [6, 6.07) is 6.72. The third-order valence-corrected chi connectivity index (χ3v) is 2.76. The van der Waals surface area contributed by atoms with Crippen molar-refractivity contribution in [3.63, 3.8) is 0 Å². The zero-order valence-electron chi connectivity index (χ0n) is 10.7. The third kappa shape index (κ3) is 2.62. The van der Waals surface area contributed by atoms with Gasteiger partial charge in [0.05, 0.1) is 6.20 Å². The number of hydrogen-bond donors (Lipinski definition) is 2. The summed E-state index contributed by atoms with van der Waals surface area (Å²) >= 11 is 0. The molecule has 6 nitrogen and oxygen atoms in total. The summed E-state index contributed by atoms with van der Waals surface area (Å²) in [4.78, 5) is 23.3. The number of anilines is 2. The van der Waals surface area contributed by atoms with Gasteiger partial charge in [-0.05, 0) is 19.1 Å². The van der Waals surface area contributed by atoms with Crippen LogP contribution >= 0.6 is 0 Å². The standard InChI is InChI=1S/C13H14N4O2/c1-8(18)9-4-3-5-10(6-9)16-13(19)11-7-15-17(2)12(11)14/h3-7H,14H2,1-2H3,(H,16,19). The molecule has 0 spiro atoms. The number of nitrogen functional groups attached to an aromatic ring is 1. The molecule has 98 valence electrons. The van der Waals surface area contributed by atoms with Crippen LogP contribution in [0.2, 0.25) is 0 Å². The minimum atomic E-state index is -0.355. The Morgan fingerprint density at radius 3 is 2.68 bits per heavy atom. The number of ketones is 1. The summed E-state index contributed by atoms with van der Waals surface area (Å²) in [5.74, 6) is -0.122. The number of nitrogens with zero attached hydrogens (tertiary/aromatic N) is 2. The second-order valence-corrected chi connectivity index (χ2v) is 4.16. The lowest BCUT2D eigenvalue weighted by atomic mass is 10.1. The molecule has 1 amide bonds. The van der Waals surface area contributed by atoms with Gasteiger partial charge in [-0.25, -0.2) is 0 Å². The third-order valence-electron chi connectivity index (χ3n) is 2.76. The van der Waals surface area contributed by atoms with E-state index in [2.05, 4.69) is 10.4 Å². The fourth-order valence-corrected chi connectivity index (χ4v) is 1.64. The summed E-state index contributed by atoms with van der Waals surface area (Å²) in [7, 11) is 1.66. The molecule has 1 heterocycles. The van der Waals surface area contributed by atoms with Crippen LogP contribution in [0, 0.1) is 0 Å². The highest BCUT2D eigenvalue weighted by molar-refractivity contribution is 6.07. The number of rotatable bonds is 3. The highest BCUT2D eigenvalue weighted by Gasteiger charge is 2.14. The lowest BCUT2D eigenvalue weighted by Crippen LogP contribution is -2.14. The lowest BCUT2D eigenvalue weighted by molar-refractivity contribution is 0.101. The number of nitrogens with two attached hydrogens (primary N) is 1. The SMILES string of the molecule is CC(=O)c1cccc(NC(=O)c2cnn(C)c2N)c1. The van der Waals surface area contributed by atoms with Crippen LogP contribution in [0.15, 0.2) is 30.5 Å². The van der Waals surface area contributed by atoms with Crippen LogP contribution in [0.3, 0.4) is 0 Å². The first kappa shape index (κ1) is 12.8. The van der Waals surface area contributed by atoms with Gasteiger partial charge in [0.25, 0.3) is 5.91 Å². The summed E-state index contributed by atoms with van der Waals surface area (Å²) in [5, 5.41) is 6.58. The van der Waals surface area contributed by atoms with Crippen LogP contribution < -0.4 is 11.1 Å². The molecule has 0 atom stereocenters. The Morgan fingerprint density at radius 2 is 2.11 bits per heavy atom. The molecule has 0 fully saturated rings. The number of aryl methyl sites for hydroxylation is 1.